The summed E-state index contributed by atoms with van der Waals surface area (Å²) in [5.74, 6) is -0.514. The minimum absolute atomic E-state index is 0.0639. The van der Waals surface area contributed by atoms with Crippen molar-refractivity contribution in [3.05, 3.63) is 11.3 Å². The molecule has 0 bridgehead atoms. The van der Waals surface area contributed by atoms with Crippen molar-refractivity contribution in [1.82, 2.24) is 10.6 Å². The van der Waals surface area contributed by atoms with Gasteiger partial charge in [-0.05, 0) is 25.7 Å². The van der Waals surface area contributed by atoms with Crippen LogP contribution in [-0.4, -0.2) is 37.2 Å². The number of rotatable bonds is 6. The second kappa shape index (κ2) is 6.81. The molecule has 7 nitrogen and oxygen atoms in total. The molecule has 7 heteroatoms. The van der Waals surface area contributed by atoms with E-state index in [0.29, 0.717) is 23.6 Å². The van der Waals surface area contributed by atoms with Crippen LogP contribution in [0.5, 0.6) is 0 Å². The Morgan fingerprint density at radius 3 is 2.50 bits per heavy atom. The summed E-state index contributed by atoms with van der Waals surface area (Å²) in [6, 6.07) is -0.855. The van der Waals surface area contributed by atoms with Crippen molar-refractivity contribution in [2.45, 2.75) is 39.7 Å². The van der Waals surface area contributed by atoms with Gasteiger partial charge in [-0.3, -0.25) is 4.79 Å². The predicted molar refractivity (Wildman–Crippen MR) is 77.6 cm³/mol. The third-order valence-electron chi connectivity index (χ3n) is 3.92. The average molecular weight is 310 g/mol. The second-order valence-corrected chi connectivity index (χ2v) is 5.60. The van der Waals surface area contributed by atoms with Crippen LogP contribution in [-0.2, 0) is 19.1 Å². The number of amides is 2. The van der Waals surface area contributed by atoms with Crippen molar-refractivity contribution in [3.8, 4) is 0 Å². The van der Waals surface area contributed by atoms with Crippen molar-refractivity contribution < 1.29 is 23.9 Å². The van der Waals surface area contributed by atoms with Gasteiger partial charge in [-0.15, -0.1) is 0 Å². The van der Waals surface area contributed by atoms with Crippen molar-refractivity contribution in [1.29, 1.82) is 0 Å². The number of esters is 2. The smallest absolute Gasteiger partial charge is 0.338 e. The van der Waals surface area contributed by atoms with Gasteiger partial charge in [-0.2, -0.15) is 0 Å². The van der Waals surface area contributed by atoms with Gasteiger partial charge in [0.25, 0.3) is 0 Å². The molecule has 3 atom stereocenters. The zero-order valence-corrected chi connectivity index (χ0v) is 13.1. The van der Waals surface area contributed by atoms with E-state index in [-0.39, 0.29) is 25.1 Å². The van der Waals surface area contributed by atoms with Gasteiger partial charge in [-0.1, -0.05) is 13.8 Å². The topological polar surface area (TPSA) is 93.7 Å². The maximum absolute atomic E-state index is 12.1. The van der Waals surface area contributed by atoms with E-state index in [4.69, 9.17) is 9.47 Å². The van der Waals surface area contributed by atoms with Crippen LogP contribution in [0.4, 0.5) is 4.79 Å². The SMILES string of the molecule is CCOC(=O)C1=C(COC(=O)[C@H]2C[C@@H]2C)NC(=O)N[C@H]1CC. The first kappa shape index (κ1) is 16.3. The van der Waals surface area contributed by atoms with Gasteiger partial charge in [0.15, 0.2) is 0 Å². The lowest BCUT2D eigenvalue weighted by atomic mass is 10.0. The van der Waals surface area contributed by atoms with Crippen LogP contribution in [0.3, 0.4) is 0 Å². The first-order valence-corrected chi connectivity index (χ1v) is 7.62. The van der Waals surface area contributed by atoms with Crippen LogP contribution in [0.25, 0.3) is 0 Å². The third kappa shape index (κ3) is 3.58. The second-order valence-electron chi connectivity index (χ2n) is 5.60. The summed E-state index contributed by atoms with van der Waals surface area (Å²) in [6.07, 6.45) is 1.37. The number of hydrogen-bond acceptors (Lipinski definition) is 5. The summed E-state index contributed by atoms with van der Waals surface area (Å²) >= 11 is 0. The molecule has 2 amide bonds. The highest BCUT2D eigenvalue weighted by Crippen LogP contribution is 2.38. The minimum atomic E-state index is -0.507. The van der Waals surface area contributed by atoms with E-state index in [1.807, 2.05) is 13.8 Å². The molecule has 2 aliphatic rings. The van der Waals surface area contributed by atoms with Gasteiger partial charge in [0.05, 0.1) is 29.8 Å². The number of nitrogens with one attached hydrogen (secondary N) is 2. The van der Waals surface area contributed by atoms with Crippen LogP contribution in [0, 0.1) is 11.8 Å². The average Bonchev–Trinajstić information content (AvgIpc) is 3.21. The molecule has 0 unspecified atom stereocenters. The van der Waals surface area contributed by atoms with Crippen molar-refractivity contribution in [2.75, 3.05) is 13.2 Å². The fourth-order valence-electron chi connectivity index (χ4n) is 2.48. The Morgan fingerprint density at radius 2 is 1.95 bits per heavy atom. The molecule has 1 saturated carbocycles. The lowest BCUT2D eigenvalue weighted by Gasteiger charge is -2.28. The Morgan fingerprint density at radius 1 is 1.27 bits per heavy atom. The quantitative estimate of drug-likeness (QED) is 0.716. The predicted octanol–water partition coefficient (Wildman–Crippen LogP) is 1.09. The lowest BCUT2D eigenvalue weighted by Crippen LogP contribution is -2.51. The summed E-state index contributed by atoms with van der Waals surface area (Å²) in [6.45, 7) is 5.65. The molecule has 2 N–H and O–H groups in total. The van der Waals surface area contributed by atoms with E-state index in [1.165, 1.54) is 0 Å². The van der Waals surface area contributed by atoms with Gasteiger partial charge in [0, 0.05) is 0 Å². The third-order valence-corrected chi connectivity index (χ3v) is 3.92. The minimum Gasteiger partial charge on any atom is -0.463 e. The Hall–Kier alpha value is -2.05. The summed E-state index contributed by atoms with van der Waals surface area (Å²) < 4.78 is 10.3. The van der Waals surface area contributed by atoms with E-state index in [2.05, 4.69) is 10.6 Å². The van der Waals surface area contributed by atoms with E-state index in [9.17, 15) is 14.4 Å². The summed E-state index contributed by atoms with van der Waals surface area (Å²) in [5, 5.41) is 5.21. The molecule has 0 spiro atoms. The zero-order chi connectivity index (χ0) is 16.3. The molecule has 22 heavy (non-hydrogen) atoms. The van der Waals surface area contributed by atoms with Crippen molar-refractivity contribution in [2.24, 2.45) is 11.8 Å². The zero-order valence-electron chi connectivity index (χ0n) is 13.1. The fourth-order valence-corrected chi connectivity index (χ4v) is 2.48. The summed E-state index contributed by atoms with van der Waals surface area (Å²) in [5.41, 5.74) is 0.622. The maximum Gasteiger partial charge on any atom is 0.338 e. The number of carbonyl (C=O) groups is 3. The number of urea groups is 1. The molecule has 0 aromatic heterocycles. The Labute approximate surface area is 129 Å². The Bertz CT molecular complexity index is 514. The normalized spacial score (nSPS) is 26.9. The molecular formula is C15H22N2O5. The van der Waals surface area contributed by atoms with E-state index < -0.39 is 18.0 Å². The van der Waals surface area contributed by atoms with Crippen molar-refractivity contribution >= 4 is 18.0 Å². The highest BCUT2D eigenvalue weighted by molar-refractivity contribution is 5.94. The summed E-state index contributed by atoms with van der Waals surface area (Å²) in [4.78, 5) is 35.6. The molecule has 1 heterocycles. The first-order chi connectivity index (χ1) is 10.5. The molecule has 1 aliphatic heterocycles. The van der Waals surface area contributed by atoms with Gasteiger partial charge >= 0.3 is 18.0 Å². The molecule has 0 radical (unpaired) electrons. The molecule has 1 aliphatic carbocycles. The van der Waals surface area contributed by atoms with Gasteiger partial charge in [0.1, 0.15) is 6.61 Å². The fraction of sp³-hybridized carbons (Fsp3) is 0.667. The van der Waals surface area contributed by atoms with Crippen LogP contribution in [0.1, 0.15) is 33.6 Å². The molecular weight excluding hydrogens is 288 g/mol. The van der Waals surface area contributed by atoms with E-state index in [0.717, 1.165) is 6.42 Å². The number of hydrogen-bond donors (Lipinski definition) is 2. The van der Waals surface area contributed by atoms with Gasteiger partial charge in [-0.25, -0.2) is 9.59 Å². The molecule has 0 aromatic carbocycles. The molecule has 2 rings (SSSR count). The first-order valence-electron chi connectivity index (χ1n) is 7.62. The number of ether oxygens (including phenoxy) is 2. The van der Waals surface area contributed by atoms with Crippen LogP contribution in [0.15, 0.2) is 11.3 Å². The highest BCUT2D eigenvalue weighted by atomic mass is 16.5. The lowest BCUT2D eigenvalue weighted by molar-refractivity contribution is -0.145. The van der Waals surface area contributed by atoms with E-state index >= 15 is 0 Å². The van der Waals surface area contributed by atoms with Crippen LogP contribution < -0.4 is 10.6 Å². The van der Waals surface area contributed by atoms with Gasteiger partial charge < -0.3 is 20.1 Å². The Balaban J connectivity index is 2.13. The number of carbonyl (C=O) groups excluding carboxylic acids is 3. The molecule has 0 aromatic rings. The highest BCUT2D eigenvalue weighted by Gasteiger charge is 2.41. The largest absolute Gasteiger partial charge is 0.463 e. The molecule has 0 saturated heterocycles. The summed E-state index contributed by atoms with van der Waals surface area (Å²) in [7, 11) is 0. The van der Waals surface area contributed by atoms with Gasteiger partial charge in [0.2, 0.25) is 0 Å². The molecule has 122 valence electrons. The van der Waals surface area contributed by atoms with E-state index in [1.54, 1.807) is 6.92 Å². The van der Waals surface area contributed by atoms with Crippen LogP contribution >= 0.6 is 0 Å². The standard InChI is InChI=1S/C15H22N2O5/c1-4-10-12(14(19)21-5-2)11(17-15(20)16-10)7-22-13(18)9-6-8(9)3/h8-10H,4-7H2,1-3H3,(H2,16,17,20)/t8-,9-,10-/m0/s1. The monoisotopic (exact) mass is 310 g/mol. The maximum atomic E-state index is 12.1. The molecule has 1 fully saturated rings. The van der Waals surface area contributed by atoms with Crippen molar-refractivity contribution in [3.63, 3.8) is 0 Å². The Kier molecular flexibility index (Phi) is 5.05. The van der Waals surface area contributed by atoms with Crippen LogP contribution in [0.2, 0.25) is 0 Å².